The Labute approximate surface area is 96.1 Å². The highest BCUT2D eigenvalue weighted by atomic mass is 15.3. The second kappa shape index (κ2) is 4.33. The first kappa shape index (κ1) is 11.3. The molecule has 2 N–H and O–H groups in total. The van der Waals surface area contributed by atoms with E-state index in [1.54, 1.807) is 0 Å². The van der Waals surface area contributed by atoms with E-state index in [-0.39, 0.29) is 0 Å². The van der Waals surface area contributed by atoms with E-state index in [9.17, 15) is 0 Å². The lowest BCUT2D eigenvalue weighted by molar-refractivity contribution is 0.557. The minimum absolute atomic E-state index is 0.351. The van der Waals surface area contributed by atoms with Crippen LogP contribution in [0.5, 0.6) is 0 Å². The Hall–Kier alpha value is -1.23. The van der Waals surface area contributed by atoms with E-state index in [0.717, 1.165) is 11.4 Å². The number of rotatable bonds is 4. The fourth-order valence-corrected chi connectivity index (χ4v) is 1.89. The minimum atomic E-state index is 0.351. The monoisotopic (exact) mass is 221 g/mol. The van der Waals surface area contributed by atoms with Crippen molar-refractivity contribution < 1.29 is 0 Å². The van der Waals surface area contributed by atoms with Gasteiger partial charge in [-0.25, -0.2) is 4.98 Å². The summed E-state index contributed by atoms with van der Waals surface area (Å²) in [5.74, 6) is 1.39. The number of nitrogens with zero attached hydrogens (tertiary/aromatic N) is 4. The van der Waals surface area contributed by atoms with Gasteiger partial charge in [-0.1, -0.05) is 0 Å². The van der Waals surface area contributed by atoms with Crippen LogP contribution in [0.25, 0.3) is 0 Å². The number of nitrogens with two attached hydrogens (primary N) is 1. The number of aryl methyl sites for hydroxylation is 2. The Morgan fingerprint density at radius 2 is 2.00 bits per heavy atom. The molecule has 0 spiro atoms. The summed E-state index contributed by atoms with van der Waals surface area (Å²) in [5.41, 5.74) is 7.62. The Morgan fingerprint density at radius 3 is 2.50 bits per heavy atom. The van der Waals surface area contributed by atoms with Gasteiger partial charge in [-0.15, -0.1) is 5.10 Å². The molecule has 0 saturated heterocycles. The van der Waals surface area contributed by atoms with Crippen LogP contribution in [-0.4, -0.2) is 34.8 Å². The van der Waals surface area contributed by atoms with Crippen molar-refractivity contribution in [1.29, 1.82) is 0 Å². The highest BCUT2D eigenvalue weighted by Crippen LogP contribution is 2.35. The van der Waals surface area contributed by atoms with Crippen LogP contribution in [-0.2, 0) is 0 Å². The zero-order chi connectivity index (χ0) is 11.7. The normalized spacial score (nSPS) is 17.2. The summed E-state index contributed by atoms with van der Waals surface area (Å²) in [5, 5.41) is 8.23. The van der Waals surface area contributed by atoms with Crippen LogP contribution in [0.3, 0.4) is 0 Å². The van der Waals surface area contributed by atoms with Crippen LogP contribution >= 0.6 is 0 Å². The second-order valence-electron chi connectivity index (χ2n) is 4.53. The second-order valence-corrected chi connectivity index (χ2v) is 4.53. The lowest BCUT2D eigenvalue weighted by Gasteiger charge is -2.26. The average molecular weight is 221 g/mol. The van der Waals surface area contributed by atoms with Crippen molar-refractivity contribution in [3.05, 3.63) is 11.4 Å². The molecule has 88 valence electrons. The molecule has 1 unspecified atom stereocenters. The third-order valence-electron chi connectivity index (χ3n) is 3.30. The summed E-state index contributed by atoms with van der Waals surface area (Å²) in [4.78, 5) is 6.52. The molecule has 16 heavy (non-hydrogen) atoms. The first-order chi connectivity index (χ1) is 7.63. The average Bonchev–Trinajstić information content (AvgIpc) is 3.07. The van der Waals surface area contributed by atoms with Crippen molar-refractivity contribution in [3.63, 3.8) is 0 Å². The molecule has 2 rings (SSSR count). The lowest BCUT2D eigenvalue weighted by atomic mass is 10.1. The number of hydrogen-bond donors (Lipinski definition) is 1. The van der Waals surface area contributed by atoms with E-state index in [1.807, 2.05) is 20.9 Å². The Balaban J connectivity index is 2.18. The highest BCUT2D eigenvalue weighted by molar-refractivity contribution is 5.31. The van der Waals surface area contributed by atoms with E-state index < -0.39 is 0 Å². The third-order valence-corrected chi connectivity index (χ3v) is 3.30. The van der Waals surface area contributed by atoms with Gasteiger partial charge in [0.05, 0.1) is 11.4 Å². The van der Waals surface area contributed by atoms with E-state index in [4.69, 9.17) is 5.73 Å². The van der Waals surface area contributed by atoms with Crippen LogP contribution in [0.2, 0.25) is 0 Å². The quantitative estimate of drug-likeness (QED) is 0.809. The first-order valence-electron chi connectivity index (χ1n) is 5.74. The van der Waals surface area contributed by atoms with Gasteiger partial charge in [0.25, 0.3) is 0 Å². The van der Waals surface area contributed by atoms with E-state index in [0.29, 0.717) is 24.5 Å². The zero-order valence-corrected chi connectivity index (χ0v) is 10.1. The van der Waals surface area contributed by atoms with Gasteiger partial charge in [0, 0.05) is 19.6 Å². The molecule has 1 aromatic rings. The Bertz CT molecular complexity index is 375. The molecule has 0 aliphatic heterocycles. The van der Waals surface area contributed by atoms with Crippen LogP contribution in [0.1, 0.15) is 24.2 Å². The van der Waals surface area contributed by atoms with Gasteiger partial charge in [-0.3, -0.25) is 0 Å². The molecular weight excluding hydrogens is 202 g/mol. The van der Waals surface area contributed by atoms with E-state index >= 15 is 0 Å². The third kappa shape index (κ3) is 2.14. The summed E-state index contributed by atoms with van der Waals surface area (Å²) < 4.78 is 0. The van der Waals surface area contributed by atoms with Crippen LogP contribution in [0.15, 0.2) is 0 Å². The van der Waals surface area contributed by atoms with Crippen molar-refractivity contribution in [1.82, 2.24) is 15.2 Å². The van der Waals surface area contributed by atoms with Gasteiger partial charge in [0.15, 0.2) is 0 Å². The number of likely N-dealkylation sites (N-methyl/N-ethyl adjacent to an activating group) is 1. The maximum Gasteiger partial charge on any atom is 0.245 e. The summed E-state index contributed by atoms with van der Waals surface area (Å²) in [7, 11) is 2.00. The van der Waals surface area contributed by atoms with E-state index in [1.165, 1.54) is 12.8 Å². The fourth-order valence-electron chi connectivity index (χ4n) is 1.89. The van der Waals surface area contributed by atoms with Gasteiger partial charge in [0.2, 0.25) is 5.95 Å². The maximum absolute atomic E-state index is 5.80. The highest BCUT2D eigenvalue weighted by Gasteiger charge is 2.34. The van der Waals surface area contributed by atoms with Crippen molar-refractivity contribution in [2.45, 2.75) is 32.7 Å². The molecule has 1 aromatic heterocycles. The molecule has 5 heteroatoms. The Morgan fingerprint density at radius 1 is 1.31 bits per heavy atom. The predicted molar refractivity (Wildman–Crippen MR) is 63.3 cm³/mol. The Kier molecular flexibility index (Phi) is 3.05. The largest absolute Gasteiger partial charge is 0.338 e. The summed E-state index contributed by atoms with van der Waals surface area (Å²) in [6, 6.07) is 0.351. The smallest absolute Gasteiger partial charge is 0.245 e. The number of hydrogen-bond acceptors (Lipinski definition) is 5. The SMILES string of the molecule is Cc1nnc(N(C)C(CN)C2CC2)nc1C. The molecule has 1 atom stereocenters. The molecule has 0 bridgehead atoms. The maximum atomic E-state index is 5.80. The van der Waals surface area contributed by atoms with Crippen molar-refractivity contribution in [2.24, 2.45) is 11.7 Å². The minimum Gasteiger partial charge on any atom is -0.338 e. The van der Waals surface area contributed by atoms with Crippen LogP contribution < -0.4 is 10.6 Å². The van der Waals surface area contributed by atoms with Crippen LogP contribution in [0.4, 0.5) is 5.95 Å². The van der Waals surface area contributed by atoms with Gasteiger partial charge in [-0.2, -0.15) is 5.10 Å². The molecule has 0 amide bonds. The molecule has 0 aromatic carbocycles. The van der Waals surface area contributed by atoms with Gasteiger partial charge < -0.3 is 10.6 Å². The van der Waals surface area contributed by atoms with Gasteiger partial charge >= 0.3 is 0 Å². The molecule has 0 radical (unpaired) electrons. The molecule has 5 nitrogen and oxygen atoms in total. The van der Waals surface area contributed by atoms with Crippen molar-refractivity contribution >= 4 is 5.95 Å². The summed E-state index contributed by atoms with van der Waals surface area (Å²) in [6.07, 6.45) is 2.54. The molecular formula is C11H19N5. The molecule has 1 saturated carbocycles. The number of aromatic nitrogens is 3. The molecule has 1 heterocycles. The fraction of sp³-hybridized carbons (Fsp3) is 0.727. The number of anilines is 1. The zero-order valence-electron chi connectivity index (χ0n) is 10.1. The van der Waals surface area contributed by atoms with Crippen molar-refractivity contribution in [3.8, 4) is 0 Å². The molecule has 1 aliphatic rings. The topological polar surface area (TPSA) is 67.9 Å². The lowest BCUT2D eigenvalue weighted by Crippen LogP contribution is -2.40. The molecule has 1 fully saturated rings. The summed E-state index contributed by atoms with van der Waals surface area (Å²) in [6.45, 7) is 4.52. The van der Waals surface area contributed by atoms with Crippen LogP contribution in [0, 0.1) is 19.8 Å². The summed E-state index contributed by atoms with van der Waals surface area (Å²) >= 11 is 0. The van der Waals surface area contributed by atoms with Gasteiger partial charge in [-0.05, 0) is 32.6 Å². The standard InChI is InChI=1S/C11H19N5/c1-7-8(2)14-15-11(13-7)16(3)10(6-12)9-4-5-9/h9-10H,4-6,12H2,1-3H3. The van der Waals surface area contributed by atoms with E-state index in [2.05, 4.69) is 20.1 Å². The molecule has 1 aliphatic carbocycles. The van der Waals surface area contributed by atoms with Gasteiger partial charge in [0.1, 0.15) is 0 Å². The predicted octanol–water partition coefficient (Wildman–Crippen LogP) is 0.662. The first-order valence-corrected chi connectivity index (χ1v) is 5.74. The van der Waals surface area contributed by atoms with Crippen molar-refractivity contribution in [2.75, 3.05) is 18.5 Å².